The predicted octanol–water partition coefficient (Wildman–Crippen LogP) is 5.20. The zero-order valence-electron chi connectivity index (χ0n) is 45.1. The Morgan fingerprint density at radius 2 is 1.49 bits per heavy atom. The van der Waals surface area contributed by atoms with Crippen LogP contribution in [0.2, 0.25) is 0 Å². The Balaban J connectivity index is 0.889. The number of nitrogens with one attached hydrogen (secondary N) is 5. The summed E-state index contributed by atoms with van der Waals surface area (Å²) in [4.78, 5) is 113. The highest BCUT2D eigenvalue weighted by atomic mass is 16.6. The maximum absolute atomic E-state index is 14.0. The van der Waals surface area contributed by atoms with Gasteiger partial charge in [-0.1, -0.05) is 73.7 Å². The number of carbonyl (C=O) groups excluding carboxylic acids is 7. The number of unbranched alkanes of at least 4 members (excludes halogenated alkanes) is 1. The lowest BCUT2D eigenvalue weighted by atomic mass is 9.86. The van der Waals surface area contributed by atoms with Crippen LogP contribution in [0.1, 0.15) is 113 Å². The Labute approximate surface area is 452 Å². The molecule has 3 aromatic carbocycles. The van der Waals surface area contributed by atoms with Crippen molar-refractivity contribution < 1.29 is 52.9 Å². The van der Waals surface area contributed by atoms with Gasteiger partial charge in [-0.3, -0.25) is 24.0 Å². The minimum absolute atomic E-state index is 0.00354. The van der Waals surface area contributed by atoms with Gasteiger partial charge in [-0.25, -0.2) is 19.4 Å². The van der Waals surface area contributed by atoms with E-state index in [-0.39, 0.29) is 69.3 Å². The number of ether oxygens (including phenoxy) is 3. The van der Waals surface area contributed by atoms with Crippen LogP contribution in [-0.4, -0.2) is 118 Å². The lowest BCUT2D eigenvalue weighted by molar-refractivity contribution is -0.172. The number of para-hydroxylation sites is 1. The van der Waals surface area contributed by atoms with Crippen LogP contribution in [0.25, 0.3) is 33.4 Å². The zero-order valence-corrected chi connectivity index (χ0v) is 45.1. The van der Waals surface area contributed by atoms with Crippen LogP contribution in [0.5, 0.6) is 0 Å². The minimum Gasteiger partial charge on any atom is -0.458 e. The first-order valence-electron chi connectivity index (χ1n) is 26.5. The van der Waals surface area contributed by atoms with Crippen LogP contribution in [0, 0.1) is 0 Å². The number of rotatable bonds is 20. The van der Waals surface area contributed by atoms with Gasteiger partial charge in [0.15, 0.2) is 5.60 Å². The van der Waals surface area contributed by atoms with Crippen molar-refractivity contribution in [2.45, 2.75) is 129 Å². The molecule has 4 heterocycles. The molecule has 4 atom stereocenters. The number of pyridine rings is 2. The second kappa shape index (κ2) is 23.6. The largest absolute Gasteiger partial charge is 0.458 e. The summed E-state index contributed by atoms with van der Waals surface area (Å²) >= 11 is 0. The van der Waals surface area contributed by atoms with Gasteiger partial charge in [0.2, 0.25) is 23.6 Å². The average molecular weight is 1070 g/mol. The number of esters is 1. The Kier molecular flexibility index (Phi) is 17.0. The normalized spacial score (nSPS) is 16.2. The number of hydrogen-bond acceptors (Lipinski definition) is 13. The van der Waals surface area contributed by atoms with Crippen LogP contribution in [0.15, 0.2) is 83.7 Å². The summed E-state index contributed by atoms with van der Waals surface area (Å²) in [6.45, 7) is 11.8. The third-order valence-corrected chi connectivity index (χ3v) is 14.5. The molecule has 0 unspecified atom stereocenters. The van der Waals surface area contributed by atoms with Crippen molar-refractivity contribution in [1.29, 1.82) is 0 Å². The molecule has 2 aromatic heterocycles. The molecule has 0 bridgehead atoms. The number of carbonyl (C=O) groups is 7. The van der Waals surface area contributed by atoms with Gasteiger partial charge in [-0.05, 0) is 114 Å². The summed E-state index contributed by atoms with van der Waals surface area (Å²) in [6.07, 6.45) is -0.182. The first kappa shape index (κ1) is 56.1. The molecule has 8 rings (SSSR count). The molecule has 0 spiro atoms. The zero-order chi connectivity index (χ0) is 56.1. The number of likely N-dealkylation sites (N-methyl/N-ethyl adjacent to an activating group) is 1. The Bertz CT molecular complexity index is 3180. The van der Waals surface area contributed by atoms with Gasteiger partial charge in [-0.15, -0.1) is 0 Å². The number of nitrogens with zero attached hydrogens (tertiary/aromatic N) is 3. The van der Waals surface area contributed by atoms with Gasteiger partial charge in [0.1, 0.15) is 36.9 Å². The summed E-state index contributed by atoms with van der Waals surface area (Å²) in [5.74, 6) is -3.43. The molecule has 0 saturated carbocycles. The summed E-state index contributed by atoms with van der Waals surface area (Å²) in [7, 11) is 0. The lowest BCUT2D eigenvalue weighted by Crippen LogP contribution is -2.56. The molecule has 5 aromatic rings. The Morgan fingerprint density at radius 1 is 0.833 bits per heavy atom. The molecule has 78 heavy (non-hydrogen) atoms. The van der Waals surface area contributed by atoms with E-state index >= 15 is 0 Å². The fourth-order valence-corrected chi connectivity index (χ4v) is 10.3. The predicted molar refractivity (Wildman–Crippen MR) is 289 cm³/mol. The van der Waals surface area contributed by atoms with Crippen molar-refractivity contribution in [1.82, 2.24) is 41.0 Å². The monoisotopic (exact) mass is 1070 g/mol. The van der Waals surface area contributed by atoms with Crippen molar-refractivity contribution in [3.05, 3.63) is 123 Å². The molecule has 412 valence electrons. The molecular formula is C58H68N8O12. The molecule has 0 radical (unpaired) electrons. The van der Waals surface area contributed by atoms with Crippen molar-refractivity contribution in [2.75, 3.05) is 32.8 Å². The van der Waals surface area contributed by atoms with Gasteiger partial charge in [-0.2, -0.15) is 0 Å². The highest BCUT2D eigenvalue weighted by molar-refractivity contribution is 5.95. The van der Waals surface area contributed by atoms with Crippen LogP contribution < -0.4 is 32.1 Å². The van der Waals surface area contributed by atoms with E-state index in [1.54, 1.807) is 43.2 Å². The highest BCUT2D eigenvalue weighted by Gasteiger charge is 2.45. The minimum atomic E-state index is -1.99. The second-order valence-electron chi connectivity index (χ2n) is 20.9. The lowest BCUT2D eigenvalue weighted by Gasteiger charge is -2.31. The maximum atomic E-state index is 14.0. The number of aliphatic hydroxyl groups is 1. The van der Waals surface area contributed by atoms with Gasteiger partial charge in [0, 0.05) is 42.1 Å². The molecular weight excluding hydrogens is 1000 g/mol. The quantitative estimate of drug-likeness (QED) is 0.0327. The third-order valence-electron chi connectivity index (χ3n) is 14.5. The van der Waals surface area contributed by atoms with Crippen molar-refractivity contribution in [3.63, 3.8) is 0 Å². The number of benzene rings is 3. The van der Waals surface area contributed by atoms with E-state index < -0.39 is 83.2 Å². The first-order chi connectivity index (χ1) is 37.2. The van der Waals surface area contributed by atoms with Crippen LogP contribution in [0.3, 0.4) is 0 Å². The van der Waals surface area contributed by atoms with E-state index in [1.165, 1.54) is 13.8 Å². The molecule has 0 saturated heterocycles. The number of aromatic nitrogens is 2. The number of cyclic esters (lactones) is 1. The van der Waals surface area contributed by atoms with Gasteiger partial charge >= 0.3 is 18.2 Å². The third kappa shape index (κ3) is 12.0. The van der Waals surface area contributed by atoms with Crippen molar-refractivity contribution in [2.24, 2.45) is 0 Å². The Morgan fingerprint density at radius 3 is 2.17 bits per heavy atom. The summed E-state index contributed by atoms with van der Waals surface area (Å²) < 4.78 is 17.7. The topological polar surface area (TPSA) is 266 Å². The molecule has 0 fully saturated rings. The molecule has 20 nitrogen and oxygen atoms in total. The summed E-state index contributed by atoms with van der Waals surface area (Å²) in [6, 6.07) is 21.6. The molecule has 6 amide bonds. The Hall–Kier alpha value is -8.13. The smallest absolute Gasteiger partial charge is 0.407 e. The van der Waals surface area contributed by atoms with Crippen LogP contribution in [0.4, 0.5) is 9.59 Å². The van der Waals surface area contributed by atoms with Crippen molar-refractivity contribution in [3.8, 4) is 22.5 Å². The van der Waals surface area contributed by atoms with E-state index in [1.807, 2.05) is 79.7 Å². The molecule has 20 heteroatoms. The van der Waals surface area contributed by atoms with Gasteiger partial charge < -0.3 is 55.4 Å². The van der Waals surface area contributed by atoms with E-state index in [0.29, 0.717) is 36.2 Å². The SMILES string of the molecule is CCN(CCc1c2c(nc3ccccc13)-c1cc3c(c(=O)n1C2)COC(=O)[C@]3(O)CC)C(=O)CNC(=O)[C@H](CCCCNC(=O)OC(C)(C)C)NC(=O)[C@H](C)NC(=O)[C@H](C)NC(=O)OCC1c2ccccc2-c2ccccc21. The maximum Gasteiger partial charge on any atom is 0.407 e. The van der Waals surface area contributed by atoms with Gasteiger partial charge in [0.05, 0.1) is 35.6 Å². The van der Waals surface area contributed by atoms with E-state index in [4.69, 9.17) is 19.2 Å². The summed E-state index contributed by atoms with van der Waals surface area (Å²) in [5.41, 5.74) is 4.81. The standard InChI is InChI=1S/C58H68N8O12/c1-8-58(75)44-28-47-49-41(30-66(47)53(71)43(44)32-76-54(58)72)39(40-22-14-15-23-45(40)63-49)25-27-65(9-2)48(67)29-60-52(70)46(24-16-17-26-59-55(73)78-57(5,6)7)64-51(69)33(3)61-50(68)34(4)62-56(74)77-31-42-37-20-12-10-18-35(37)36-19-11-13-21-38(36)42/h10-15,18-23,28,33-34,42,46,75H,8-9,16-17,24-27,29-32H2,1-7H3,(H,59,73)(H,60,70)(H,61,68)(H,62,74)(H,64,69)/t33-,34-,46-,58-/m0/s1. The molecule has 6 N–H and O–H groups in total. The fraction of sp³-hybridized carbons (Fsp3) is 0.431. The molecule has 3 aliphatic rings. The van der Waals surface area contributed by atoms with E-state index in [2.05, 4.69) is 26.6 Å². The summed E-state index contributed by atoms with van der Waals surface area (Å²) in [5, 5.41) is 25.4. The van der Waals surface area contributed by atoms with Crippen LogP contribution in [-0.2, 0) is 63.4 Å². The highest BCUT2D eigenvalue weighted by Crippen LogP contribution is 2.45. The van der Waals surface area contributed by atoms with Crippen LogP contribution >= 0.6 is 0 Å². The second-order valence-corrected chi connectivity index (χ2v) is 20.9. The molecule has 1 aliphatic carbocycles. The molecule has 2 aliphatic heterocycles. The van der Waals surface area contributed by atoms with E-state index in [9.17, 15) is 43.5 Å². The van der Waals surface area contributed by atoms with Gasteiger partial charge in [0.25, 0.3) is 5.56 Å². The fourth-order valence-electron chi connectivity index (χ4n) is 10.3. The first-order valence-corrected chi connectivity index (χ1v) is 26.5. The number of fused-ring (bicyclic) bond motifs is 8. The number of amides is 6. The number of alkyl carbamates (subject to hydrolysis) is 2. The average Bonchev–Trinajstić information content (AvgIpc) is 4.18. The van der Waals surface area contributed by atoms with Crippen molar-refractivity contribution >= 4 is 52.7 Å². The van der Waals surface area contributed by atoms with E-state index in [0.717, 1.165) is 38.8 Å². The number of hydrogen-bond donors (Lipinski definition) is 6.